The van der Waals surface area contributed by atoms with Crippen molar-refractivity contribution in [2.75, 3.05) is 0 Å². The van der Waals surface area contributed by atoms with Gasteiger partial charge in [0.1, 0.15) is 0 Å². The van der Waals surface area contributed by atoms with Crippen LogP contribution >= 0.6 is 0 Å². The van der Waals surface area contributed by atoms with E-state index in [4.69, 9.17) is 0 Å². The molecule has 0 unspecified atom stereocenters. The first-order chi connectivity index (χ1) is 2.81. The van der Waals surface area contributed by atoms with Crippen molar-refractivity contribution in [1.29, 1.82) is 0 Å². The predicted molar refractivity (Wildman–Crippen MR) is 27.4 cm³/mol. The Kier molecular flexibility index (Phi) is 3.98. The van der Waals surface area contributed by atoms with Gasteiger partial charge in [-0.1, -0.05) is 24.4 Å². The Morgan fingerprint density at radius 3 is 1.67 bits per heavy atom. The van der Waals surface area contributed by atoms with E-state index in [1.54, 1.807) is 0 Å². The monoisotopic (exact) mass is 101 g/mol. The van der Waals surface area contributed by atoms with Gasteiger partial charge in [0, 0.05) is 0 Å². The average Bonchev–Trinajstić information content (AvgIpc) is 1.65. The summed E-state index contributed by atoms with van der Waals surface area (Å²) in [6.07, 6.45) is 0. The quantitative estimate of drug-likeness (QED) is 0.469. The maximum Gasteiger partial charge on any atom is 0.503 e. The molecule has 0 aromatic rings. The van der Waals surface area contributed by atoms with Crippen LogP contribution in [-0.4, -0.2) is 14.5 Å². The zero-order chi connectivity index (χ0) is 4.99. The Morgan fingerprint density at radius 1 is 1.33 bits per heavy atom. The molecule has 2 heteroatoms. The van der Waals surface area contributed by atoms with Gasteiger partial charge >= 0.3 is 14.5 Å². The van der Waals surface area contributed by atoms with E-state index in [0.29, 0.717) is 0 Å². The molecule has 0 amide bonds. The molecule has 6 heavy (non-hydrogen) atoms. The van der Waals surface area contributed by atoms with Crippen LogP contribution in [0.2, 0.25) is 10.6 Å². The van der Waals surface area contributed by atoms with Crippen LogP contribution in [0.1, 0.15) is 13.8 Å². The third-order valence-electron chi connectivity index (χ3n) is 0.911. The van der Waals surface area contributed by atoms with Crippen LogP contribution < -0.4 is 0 Å². The molecule has 0 fully saturated rings. The fourth-order valence-electron chi connectivity index (χ4n) is 0.289. The number of rotatable bonds is 2. The Labute approximate surface area is 43.7 Å². The second-order valence-electron chi connectivity index (χ2n) is 1.44. The van der Waals surface area contributed by atoms with Crippen molar-refractivity contribution in [2.24, 2.45) is 0 Å². The zero-order valence-corrected chi connectivity index (χ0v) is 5.55. The smallest absolute Gasteiger partial charge is 0.401 e. The third kappa shape index (κ3) is 2.72. The Hall–Kier alpha value is 0.492. The van der Waals surface area contributed by atoms with Gasteiger partial charge in [-0.3, -0.25) is 0 Å². The minimum atomic E-state index is -1.41. The highest BCUT2D eigenvalue weighted by molar-refractivity contribution is 6.49. The van der Waals surface area contributed by atoms with Crippen LogP contribution in [0.25, 0.3) is 0 Å². The van der Waals surface area contributed by atoms with Crippen molar-refractivity contribution in [3.8, 4) is 0 Å². The second-order valence-corrected chi connectivity index (χ2v) is 4.32. The SMILES string of the molecule is C[CH2][Al]([O])[CH2]C. The summed E-state index contributed by atoms with van der Waals surface area (Å²) in [6, 6.07) is 0. The molecule has 1 radical (unpaired) electrons. The molecule has 0 N–H and O–H groups in total. The molecular formula is C4H10AlO. The summed E-state index contributed by atoms with van der Waals surface area (Å²) < 4.78 is 10.4. The molecule has 0 aromatic heterocycles. The topological polar surface area (TPSA) is 19.9 Å². The van der Waals surface area contributed by atoms with Crippen molar-refractivity contribution >= 4 is 14.5 Å². The molecule has 0 aliphatic rings. The predicted octanol–water partition coefficient (Wildman–Crippen LogP) is 1.45. The van der Waals surface area contributed by atoms with Gasteiger partial charge in [0.25, 0.3) is 0 Å². The van der Waals surface area contributed by atoms with E-state index in [1.807, 2.05) is 13.8 Å². The van der Waals surface area contributed by atoms with Gasteiger partial charge in [-0.25, -0.2) is 0 Å². The first-order valence-corrected chi connectivity index (χ1v) is 4.57. The highest BCUT2D eigenvalue weighted by atomic mass is 27.2. The molecule has 0 aromatic carbocycles. The highest BCUT2D eigenvalue weighted by Gasteiger charge is 2.09. The van der Waals surface area contributed by atoms with Crippen molar-refractivity contribution in [1.82, 2.24) is 0 Å². The van der Waals surface area contributed by atoms with E-state index < -0.39 is 14.5 Å². The fraction of sp³-hybridized carbons (Fsp3) is 1.00. The van der Waals surface area contributed by atoms with Gasteiger partial charge in [-0.2, -0.15) is 0 Å². The molecule has 0 saturated heterocycles. The Balaban J connectivity index is 2.75. The summed E-state index contributed by atoms with van der Waals surface area (Å²) in [5, 5.41) is 1.83. The lowest BCUT2D eigenvalue weighted by atomic mass is 10.9. The number of hydrogen-bond donors (Lipinski definition) is 0. The van der Waals surface area contributed by atoms with Crippen molar-refractivity contribution in [3.05, 3.63) is 0 Å². The van der Waals surface area contributed by atoms with E-state index in [2.05, 4.69) is 0 Å². The van der Waals surface area contributed by atoms with Gasteiger partial charge in [0.05, 0.1) is 0 Å². The summed E-state index contributed by atoms with van der Waals surface area (Å²) in [5.41, 5.74) is 0. The average molecular weight is 101 g/mol. The maximum absolute atomic E-state index is 10.4. The summed E-state index contributed by atoms with van der Waals surface area (Å²) in [4.78, 5) is 0. The molecule has 0 heterocycles. The van der Waals surface area contributed by atoms with E-state index in [9.17, 15) is 4.16 Å². The van der Waals surface area contributed by atoms with E-state index in [0.717, 1.165) is 10.6 Å². The summed E-state index contributed by atoms with van der Waals surface area (Å²) >= 11 is -1.41. The summed E-state index contributed by atoms with van der Waals surface area (Å²) in [6.45, 7) is 3.96. The lowest BCUT2D eigenvalue weighted by Crippen LogP contribution is -2.03. The second kappa shape index (κ2) is 3.67. The molecule has 0 bridgehead atoms. The zero-order valence-electron chi connectivity index (χ0n) is 4.40. The standard InChI is InChI=1S/2C2H5.Al.O/c2*1-2;;/h2*1H2,2H3;;. The molecule has 35 valence electrons. The minimum Gasteiger partial charge on any atom is -0.401 e. The molecule has 1 nitrogen and oxygen atoms in total. The third-order valence-corrected chi connectivity index (χ3v) is 2.73. The Morgan fingerprint density at radius 2 is 1.67 bits per heavy atom. The van der Waals surface area contributed by atoms with Gasteiger partial charge in [0.2, 0.25) is 0 Å². The molecule has 0 aliphatic heterocycles. The van der Waals surface area contributed by atoms with E-state index in [1.165, 1.54) is 0 Å². The normalized spacial score (nSPS) is 8.50. The van der Waals surface area contributed by atoms with Crippen LogP contribution in [0.4, 0.5) is 0 Å². The van der Waals surface area contributed by atoms with Crippen molar-refractivity contribution < 1.29 is 4.16 Å². The fourth-order valence-corrected chi connectivity index (χ4v) is 0.866. The molecule has 0 aliphatic carbocycles. The molecule has 0 atom stereocenters. The minimum absolute atomic E-state index is 0.913. The van der Waals surface area contributed by atoms with Crippen LogP contribution in [0.15, 0.2) is 0 Å². The summed E-state index contributed by atoms with van der Waals surface area (Å²) in [7, 11) is 0. The van der Waals surface area contributed by atoms with Gasteiger partial charge in [-0.05, 0) is 0 Å². The van der Waals surface area contributed by atoms with Crippen molar-refractivity contribution in [2.45, 2.75) is 24.4 Å². The number of hydrogen-bond acceptors (Lipinski definition) is 0. The molecule has 0 saturated carbocycles. The molecule has 0 spiro atoms. The van der Waals surface area contributed by atoms with Gasteiger partial charge < -0.3 is 4.16 Å². The lowest BCUT2D eigenvalue weighted by molar-refractivity contribution is 0.447. The van der Waals surface area contributed by atoms with Crippen LogP contribution in [0.5, 0.6) is 0 Å². The summed E-state index contributed by atoms with van der Waals surface area (Å²) in [5.74, 6) is 0. The van der Waals surface area contributed by atoms with Crippen LogP contribution in [0, 0.1) is 0 Å². The first kappa shape index (κ1) is 6.49. The lowest BCUT2D eigenvalue weighted by Gasteiger charge is -1.84. The van der Waals surface area contributed by atoms with Crippen molar-refractivity contribution in [3.63, 3.8) is 0 Å². The highest BCUT2D eigenvalue weighted by Crippen LogP contribution is 1.90. The van der Waals surface area contributed by atoms with Crippen LogP contribution in [-0.2, 0) is 4.16 Å². The van der Waals surface area contributed by atoms with E-state index in [-0.39, 0.29) is 0 Å². The Bertz CT molecular complexity index is 26.7. The molecular weight excluding hydrogens is 91.0 g/mol. The first-order valence-electron chi connectivity index (χ1n) is 2.47. The van der Waals surface area contributed by atoms with E-state index >= 15 is 0 Å². The molecule has 0 rings (SSSR count). The van der Waals surface area contributed by atoms with Gasteiger partial charge in [0.15, 0.2) is 0 Å². The largest absolute Gasteiger partial charge is 0.503 e. The van der Waals surface area contributed by atoms with Gasteiger partial charge in [-0.15, -0.1) is 0 Å². The van der Waals surface area contributed by atoms with Crippen LogP contribution in [0.3, 0.4) is 0 Å². The maximum atomic E-state index is 10.4.